The molecule has 1 saturated carbocycles. The lowest BCUT2D eigenvalue weighted by molar-refractivity contribution is -0.133. The summed E-state index contributed by atoms with van der Waals surface area (Å²) in [6.45, 7) is 6.26. The maximum atomic E-state index is 12.3. The summed E-state index contributed by atoms with van der Waals surface area (Å²) in [6, 6.07) is 0. The smallest absolute Gasteiger partial charge is 0.226 e. The number of rotatable bonds is 5. The molecule has 1 fully saturated rings. The van der Waals surface area contributed by atoms with Gasteiger partial charge in [0.2, 0.25) is 5.91 Å². The average Bonchev–Trinajstić information content (AvgIpc) is 3.36. The predicted octanol–water partition coefficient (Wildman–Crippen LogP) is 2.36. The third-order valence-electron chi connectivity index (χ3n) is 4.79. The number of anilines is 1. The molecule has 2 aliphatic rings. The van der Waals surface area contributed by atoms with Crippen LogP contribution in [0, 0.1) is 5.92 Å². The maximum Gasteiger partial charge on any atom is 0.226 e. The van der Waals surface area contributed by atoms with Gasteiger partial charge in [-0.3, -0.25) is 4.79 Å². The molecule has 0 saturated heterocycles. The van der Waals surface area contributed by atoms with E-state index in [1.165, 1.54) is 11.5 Å². The second-order valence-corrected chi connectivity index (χ2v) is 7.86. The molecule has 1 amide bonds. The van der Waals surface area contributed by atoms with Gasteiger partial charge in [0.25, 0.3) is 0 Å². The Balaban J connectivity index is 1.48. The highest BCUT2D eigenvalue weighted by molar-refractivity contribution is 7.05. The maximum absolute atomic E-state index is 12.3. The van der Waals surface area contributed by atoms with Gasteiger partial charge in [0, 0.05) is 18.0 Å². The number of carbonyl (C=O) groups is 1. The molecule has 0 bridgehead atoms. The zero-order valence-corrected chi connectivity index (χ0v) is 15.3. The summed E-state index contributed by atoms with van der Waals surface area (Å²) < 4.78 is 4.07. The van der Waals surface area contributed by atoms with Crippen LogP contribution >= 0.6 is 11.5 Å². The minimum Gasteiger partial charge on any atom is -0.365 e. The van der Waals surface area contributed by atoms with Crippen LogP contribution in [0.3, 0.4) is 0 Å². The molecule has 25 heavy (non-hydrogen) atoms. The Hall–Kier alpha value is -2.09. The standard InChI is InChI=1S/C17H22N6OS/c1-10(2)15-14(25-22-21-15)7-18-16-12-5-6-23(17(24)11-3-4-11)8-13(12)19-9-20-16/h9-11H,3-8H2,1-2H3,(H,18,19,20). The lowest BCUT2D eigenvalue weighted by Crippen LogP contribution is -2.37. The van der Waals surface area contributed by atoms with Gasteiger partial charge >= 0.3 is 0 Å². The molecule has 0 atom stereocenters. The molecule has 4 rings (SSSR count). The van der Waals surface area contributed by atoms with Gasteiger partial charge in [-0.15, -0.1) is 5.10 Å². The largest absolute Gasteiger partial charge is 0.365 e. The fourth-order valence-electron chi connectivity index (χ4n) is 3.22. The zero-order chi connectivity index (χ0) is 17.4. The van der Waals surface area contributed by atoms with Gasteiger partial charge < -0.3 is 10.2 Å². The SMILES string of the molecule is CC(C)c1nnsc1CNc1ncnc2c1CCN(C(=O)C1CC1)C2. The van der Waals surface area contributed by atoms with Crippen LogP contribution in [-0.4, -0.2) is 36.9 Å². The Kier molecular flexibility index (Phi) is 4.37. The normalized spacial score (nSPS) is 16.8. The van der Waals surface area contributed by atoms with Crippen LogP contribution in [0.2, 0.25) is 0 Å². The van der Waals surface area contributed by atoms with Crippen molar-refractivity contribution in [2.75, 3.05) is 11.9 Å². The highest BCUT2D eigenvalue weighted by Crippen LogP contribution is 2.33. The van der Waals surface area contributed by atoms with E-state index in [0.29, 0.717) is 19.0 Å². The van der Waals surface area contributed by atoms with Gasteiger partial charge in [-0.2, -0.15) is 0 Å². The Bertz CT molecular complexity index is 785. The second-order valence-electron chi connectivity index (χ2n) is 7.02. The minimum absolute atomic E-state index is 0.259. The molecular formula is C17H22N6OS. The first-order valence-corrected chi connectivity index (χ1v) is 9.57. The number of aromatic nitrogens is 4. The number of nitrogens with zero attached hydrogens (tertiary/aromatic N) is 5. The minimum atomic E-state index is 0.259. The van der Waals surface area contributed by atoms with Crippen LogP contribution in [0.4, 0.5) is 5.82 Å². The van der Waals surface area contributed by atoms with Gasteiger partial charge in [0.1, 0.15) is 12.1 Å². The van der Waals surface area contributed by atoms with Crippen LogP contribution in [0.25, 0.3) is 0 Å². The first-order chi connectivity index (χ1) is 12.1. The van der Waals surface area contributed by atoms with Gasteiger partial charge in [-0.1, -0.05) is 18.3 Å². The predicted molar refractivity (Wildman–Crippen MR) is 95.2 cm³/mol. The average molecular weight is 358 g/mol. The van der Waals surface area contributed by atoms with E-state index in [2.05, 4.69) is 38.7 Å². The van der Waals surface area contributed by atoms with E-state index in [0.717, 1.165) is 53.5 Å². The van der Waals surface area contributed by atoms with Gasteiger partial charge in [-0.05, 0) is 36.7 Å². The summed E-state index contributed by atoms with van der Waals surface area (Å²) in [6.07, 6.45) is 4.47. The number of hydrogen-bond donors (Lipinski definition) is 1. The van der Waals surface area contributed by atoms with Crippen molar-refractivity contribution < 1.29 is 4.79 Å². The molecule has 1 N–H and O–H groups in total. The van der Waals surface area contributed by atoms with E-state index < -0.39 is 0 Å². The Morgan fingerprint density at radius 1 is 1.40 bits per heavy atom. The number of fused-ring (bicyclic) bond motifs is 1. The summed E-state index contributed by atoms with van der Waals surface area (Å²) in [5, 5.41) is 7.64. The number of amides is 1. The molecule has 0 spiro atoms. The zero-order valence-electron chi connectivity index (χ0n) is 14.5. The van der Waals surface area contributed by atoms with E-state index in [1.807, 2.05) is 4.90 Å². The highest BCUT2D eigenvalue weighted by atomic mass is 32.1. The van der Waals surface area contributed by atoms with Gasteiger partial charge in [0.15, 0.2) is 0 Å². The monoisotopic (exact) mass is 358 g/mol. The van der Waals surface area contributed by atoms with Crippen molar-refractivity contribution in [1.82, 2.24) is 24.5 Å². The van der Waals surface area contributed by atoms with Crippen molar-refractivity contribution in [2.45, 2.75) is 52.1 Å². The molecule has 0 unspecified atom stereocenters. The molecule has 2 aromatic rings. The Morgan fingerprint density at radius 2 is 2.24 bits per heavy atom. The fourth-order valence-corrected chi connectivity index (χ4v) is 3.96. The van der Waals surface area contributed by atoms with Crippen LogP contribution in [-0.2, 0) is 24.3 Å². The summed E-state index contributed by atoms with van der Waals surface area (Å²) in [5.74, 6) is 1.77. The van der Waals surface area contributed by atoms with E-state index in [1.54, 1.807) is 6.33 Å². The summed E-state index contributed by atoms with van der Waals surface area (Å²) in [4.78, 5) is 24.2. The molecular weight excluding hydrogens is 336 g/mol. The molecule has 0 radical (unpaired) electrons. The molecule has 8 heteroatoms. The Morgan fingerprint density at radius 3 is 3.00 bits per heavy atom. The third kappa shape index (κ3) is 3.35. The number of carbonyl (C=O) groups excluding carboxylic acids is 1. The number of nitrogens with one attached hydrogen (secondary N) is 1. The van der Waals surface area contributed by atoms with Crippen LogP contribution < -0.4 is 5.32 Å². The molecule has 3 heterocycles. The lowest BCUT2D eigenvalue weighted by atomic mass is 10.0. The fraction of sp³-hybridized carbons (Fsp3) is 0.588. The summed E-state index contributed by atoms with van der Waals surface area (Å²) >= 11 is 1.43. The quantitative estimate of drug-likeness (QED) is 0.883. The van der Waals surface area contributed by atoms with Crippen LogP contribution in [0.15, 0.2) is 6.33 Å². The number of hydrogen-bond acceptors (Lipinski definition) is 7. The van der Waals surface area contributed by atoms with Crippen molar-refractivity contribution in [3.63, 3.8) is 0 Å². The molecule has 2 aromatic heterocycles. The summed E-state index contributed by atoms with van der Waals surface area (Å²) in [7, 11) is 0. The van der Waals surface area contributed by atoms with Crippen LogP contribution in [0.5, 0.6) is 0 Å². The second kappa shape index (κ2) is 6.67. The molecule has 0 aromatic carbocycles. The summed E-state index contributed by atoms with van der Waals surface area (Å²) in [5.41, 5.74) is 3.14. The van der Waals surface area contributed by atoms with E-state index >= 15 is 0 Å². The van der Waals surface area contributed by atoms with Gasteiger partial charge in [-0.25, -0.2) is 9.97 Å². The van der Waals surface area contributed by atoms with Crippen molar-refractivity contribution in [2.24, 2.45) is 5.92 Å². The molecule has 1 aliphatic carbocycles. The van der Waals surface area contributed by atoms with E-state index in [4.69, 9.17) is 0 Å². The molecule has 1 aliphatic heterocycles. The first-order valence-electron chi connectivity index (χ1n) is 8.80. The van der Waals surface area contributed by atoms with E-state index in [9.17, 15) is 4.79 Å². The van der Waals surface area contributed by atoms with Crippen molar-refractivity contribution >= 4 is 23.3 Å². The first kappa shape index (κ1) is 16.4. The third-order valence-corrected chi connectivity index (χ3v) is 5.53. The van der Waals surface area contributed by atoms with Crippen LogP contribution in [0.1, 0.15) is 54.4 Å². The topological polar surface area (TPSA) is 83.9 Å². The Labute approximate surface area is 151 Å². The highest BCUT2D eigenvalue weighted by Gasteiger charge is 2.35. The molecule has 7 nitrogen and oxygen atoms in total. The molecule has 132 valence electrons. The van der Waals surface area contributed by atoms with Crippen molar-refractivity contribution in [1.29, 1.82) is 0 Å². The lowest BCUT2D eigenvalue weighted by Gasteiger charge is -2.29. The van der Waals surface area contributed by atoms with Crippen molar-refractivity contribution in [3.8, 4) is 0 Å². The van der Waals surface area contributed by atoms with E-state index in [-0.39, 0.29) is 11.8 Å². The van der Waals surface area contributed by atoms with Gasteiger partial charge in [0.05, 0.1) is 29.4 Å². The van der Waals surface area contributed by atoms with Crippen molar-refractivity contribution in [3.05, 3.63) is 28.2 Å².